The SMILES string of the molecule is COCCN1C(=O)CC(N)C1c1ccc(OC)c(OC)c1. The molecule has 1 aliphatic rings. The molecule has 2 atom stereocenters. The average Bonchev–Trinajstić information content (AvgIpc) is 2.78. The van der Waals surface area contributed by atoms with E-state index in [0.717, 1.165) is 5.56 Å². The quantitative estimate of drug-likeness (QED) is 0.845. The molecule has 1 aromatic carbocycles. The summed E-state index contributed by atoms with van der Waals surface area (Å²) in [5.41, 5.74) is 7.10. The maximum atomic E-state index is 12.1. The zero-order chi connectivity index (χ0) is 15.4. The molecule has 6 nitrogen and oxygen atoms in total. The molecule has 0 bridgehead atoms. The van der Waals surface area contributed by atoms with Gasteiger partial charge in [0.15, 0.2) is 11.5 Å². The van der Waals surface area contributed by atoms with Crippen LogP contribution < -0.4 is 15.2 Å². The Hall–Kier alpha value is -1.79. The Morgan fingerprint density at radius 3 is 2.57 bits per heavy atom. The van der Waals surface area contributed by atoms with E-state index in [4.69, 9.17) is 19.9 Å². The number of amides is 1. The van der Waals surface area contributed by atoms with E-state index in [9.17, 15) is 4.79 Å². The minimum atomic E-state index is -0.229. The molecule has 116 valence electrons. The molecule has 0 aliphatic carbocycles. The predicted octanol–water partition coefficient (Wildman–Crippen LogP) is 0.951. The summed E-state index contributed by atoms with van der Waals surface area (Å²) in [5, 5.41) is 0. The van der Waals surface area contributed by atoms with Crippen LogP contribution >= 0.6 is 0 Å². The number of hydrogen-bond donors (Lipinski definition) is 1. The van der Waals surface area contributed by atoms with Crippen LogP contribution in [0.1, 0.15) is 18.0 Å². The van der Waals surface area contributed by atoms with Gasteiger partial charge >= 0.3 is 0 Å². The fraction of sp³-hybridized carbons (Fsp3) is 0.533. The molecule has 1 heterocycles. The van der Waals surface area contributed by atoms with Gasteiger partial charge in [0.25, 0.3) is 0 Å². The molecule has 2 N–H and O–H groups in total. The molecule has 0 saturated carbocycles. The van der Waals surface area contributed by atoms with Crippen LogP contribution in [0.3, 0.4) is 0 Å². The van der Waals surface area contributed by atoms with E-state index in [1.807, 2.05) is 18.2 Å². The van der Waals surface area contributed by atoms with Crippen LogP contribution in [0.5, 0.6) is 11.5 Å². The van der Waals surface area contributed by atoms with Gasteiger partial charge in [0.05, 0.1) is 26.9 Å². The molecule has 1 saturated heterocycles. The van der Waals surface area contributed by atoms with Crippen molar-refractivity contribution in [3.63, 3.8) is 0 Å². The van der Waals surface area contributed by atoms with E-state index < -0.39 is 0 Å². The number of ether oxygens (including phenoxy) is 3. The fourth-order valence-corrected chi connectivity index (χ4v) is 2.73. The summed E-state index contributed by atoms with van der Waals surface area (Å²) in [7, 11) is 4.79. The first-order valence-corrected chi connectivity index (χ1v) is 6.88. The molecular formula is C15H22N2O4. The van der Waals surface area contributed by atoms with Crippen molar-refractivity contribution in [2.45, 2.75) is 18.5 Å². The number of carbonyl (C=O) groups is 1. The highest BCUT2D eigenvalue weighted by atomic mass is 16.5. The minimum Gasteiger partial charge on any atom is -0.493 e. The number of methoxy groups -OCH3 is 3. The van der Waals surface area contributed by atoms with Crippen molar-refractivity contribution >= 4 is 5.91 Å². The summed E-state index contributed by atoms with van der Waals surface area (Å²) in [6, 6.07) is 5.24. The van der Waals surface area contributed by atoms with Gasteiger partial charge in [0.1, 0.15) is 0 Å². The van der Waals surface area contributed by atoms with Crippen molar-refractivity contribution in [2.75, 3.05) is 34.5 Å². The molecule has 0 aromatic heterocycles. The van der Waals surface area contributed by atoms with Crippen LogP contribution in [0.4, 0.5) is 0 Å². The maximum absolute atomic E-state index is 12.1. The van der Waals surface area contributed by atoms with Gasteiger partial charge in [-0.25, -0.2) is 0 Å². The Labute approximate surface area is 124 Å². The van der Waals surface area contributed by atoms with E-state index in [2.05, 4.69) is 0 Å². The summed E-state index contributed by atoms with van der Waals surface area (Å²) in [6.07, 6.45) is 0.350. The highest BCUT2D eigenvalue weighted by Crippen LogP contribution is 2.36. The van der Waals surface area contributed by atoms with Gasteiger partial charge in [-0.15, -0.1) is 0 Å². The Morgan fingerprint density at radius 1 is 1.24 bits per heavy atom. The molecule has 1 aliphatic heterocycles. The molecule has 21 heavy (non-hydrogen) atoms. The van der Waals surface area contributed by atoms with E-state index in [0.29, 0.717) is 31.1 Å². The maximum Gasteiger partial charge on any atom is 0.224 e. The van der Waals surface area contributed by atoms with E-state index in [1.165, 1.54) is 0 Å². The van der Waals surface area contributed by atoms with Crippen LogP contribution in [0.25, 0.3) is 0 Å². The topological polar surface area (TPSA) is 74.0 Å². The lowest BCUT2D eigenvalue weighted by molar-refractivity contribution is -0.129. The lowest BCUT2D eigenvalue weighted by atomic mass is 10.00. The molecule has 6 heteroatoms. The zero-order valence-corrected chi connectivity index (χ0v) is 12.7. The highest BCUT2D eigenvalue weighted by Gasteiger charge is 2.38. The van der Waals surface area contributed by atoms with Gasteiger partial charge in [0.2, 0.25) is 5.91 Å². The standard InChI is InChI=1S/C15H22N2O4/c1-19-7-6-17-14(18)9-11(16)15(17)10-4-5-12(20-2)13(8-10)21-3/h4-5,8,11,15H,6-7,9,16H2,1-3H3. The van der Waals surface area contributed by atoms with Gasteiger partial charge in [-0.3, -0.25) is 4.79 Å². The van der Waals surface area contributed by atoms with Crippen LogP contribution in [-0.2, 0) is 9.53 Å². The second-order valence-electron chi connectivity index (χ2n) is 5.01. The molecule has 0 radical (unpaired) electrons. The smallest absolute Gasteiger partial charge is 0.224 e. The number of carbonyl (C=O) groups excluding carboxylic acids is 1. The number of benzene rings is 1. The lowest BCUT2D eigenvalue weighted by Crippen LogP contribution is -2.35. The van der Waals surface area contributed by atoms with E-state index in [-0.39, 0.29) is 18.0 Å². The molecule has 0 spiro atoms. The molecule has 2 rings (SSSR count). The molecule has 2 unspecified atom stereocenters. The van der Waals surface area contributed by atoms with E-state index in [1.54, 1.807) is 26.2 Å². The predicted molar refractivity (Wildman–Crippen MR) is 78.5 cm³/mol. The molecule has 1 fully saturated rings. The molecule has 1 amide bonds. The van der Waals surface area contributed by atoms with Crippen molar-refractivity contribution in [3.8, 4) is 11.5 Å². The first-order chi connectivity index (χ1) is 10.1. The van der Waals surface area contributed by atoms with Gasteiger partial charge < -0.3 is 24.8 Å². The van der Waals surface area contributed by atoms with Crippen molar-refractivity contribution in [2.24, 2.45) is 5.73 Å². The third-order valence-corrected chi connectivity index (χ3v) is 3.76. The Morgan fingerprint density at radius 2 is 1.95 bits per heavy atom. The minimum absolute atomic E-state index is 0.0549. The number of nitrogens with zero attached hydrogens (tertiary/aromatic N) is 1. The van der Waals surface area contributed by atoms with Gasteiger partial charge in [-0.05, 0) is 17.7 Å². The van der Waals surface area contributed by atoms with Crippen molar-refractivity contribution in [1.29, 1.82) is 0 Å². The summed E-state index contributed by atoms with van der Waals surface area (Å²) in [4.78, 5) is 13.9. The first-order valence-electron chi connectivity index (χ1n) is 6.88. The van der Waals surface area contributed by atoms with Crippen molar-refractivity contribution in [1.82, 2.24) is 4.90 Å². The third kappa shape index (κ3) is 3.11. The fourth-order valence-electron chi connectivity index (χ4n) is 2.73. The number of nitrogens with two attached hydrogens (primary N) is 1. The first kappa shape index (κ1) is 15.6. The Bertz CT molecular complexity index is 506. The normalized spacial score (nSPS) is 21.7. The number of rotatable bonds is 6. The van der Waals surface area contributed by atoms with Crippen LogP contribution in [0, 0.1) is 0 Å². The van der Waals surface area contributed by atoms with Crippen molar-refractivity contribution < 1.29 is 19.0 Å². The van der Waals surface area contributed by atoms with Crippen LogP contribution in [0.15, 0.2) is 18.2 Å². The summed E-state index contributed by atoms with van der Waals surface area (Å²) < 4.78 is 15.6. The highest BCUT2D eigenvalue weighted by molar-refractivity contribution is 5.80. The van der Waals surface area contributed by atoms with Gasteiger partial charge in [0, 0.05) is 26.1 Å². The van der Waals surface area contributed by atoms with Gasteiger partial charge in [-0.2, -0.15) is 0 Å². The monoisotopic (exact) mass is 294 g/mol. The zero-order valence-electron chi connectivity index (χ0n) is 12.7. The number of likely N-dealkylation sites (tertiary alicyclic amines) is 1. The number of hydrogen-bond acceptors (Lipinski definition) is 5. The van der Waals surface area contributed by atoms with E-state index >= 15 is 0 Å². The second-order valence-corrected chi connectivity index (χ2v) is 5.01. The summed E-state index contributed by atoms with van der Waals surface area (Å²) in [6.45, 7) is 1.02. The van der Waals surface area contributed by atoms with Crippen molar-refractivity contribution in [3.05, 3.63) is 23.8 Å². The molecular weight excluding hydrogens is 272 g/mol. The average molecular weight is 294 g/mol. The van der Waals surface area contributed by atoms with Crippen LogP contribution in [0.2, 0.25) is 0 Å². The summed E-state index contributed by atoms with van der Waals surface area (Å²) >= 11 is 0. The summed E-state index contributed by atoms with van der Waals surface area (Å²) in [5.74, 6) is 1.34. The van der Waals surface area contributed by atoms with Crippen LogP contribution in [-0.4, -0.2) is 51.3 Å². The third-order valence-electron chi connectivity index (χ3n) is 3.76. The molecule has 1 aromatic rings. The second kappa shape index (κ2) is 6.78. The lowest BCUT2D eigenvalue weighted by Gasteiger charge is -2.27. The largest absolute Gasteiger partial charge is 0.493 e. The Kier molecular flexibility index (Phi) is 5.03. The van der Waals surface area contributed by atoms with Gasteiger partial charge in [-0.1, -0.05) is 6.07 Å². The Balaban J connectivity index is 2.31.